The summed E-state index contributed by atoms with van der Waals surface area (Å²) in [5.41, 5.74) is 11.7. The van der Waals surface area contributed by atoms with Gasteiger partial charge in [0, 0.05) is 33.5 Å². The van der Waals surface area contributed by atoms with E-state index in [0.717, 1.165) is 94.6 Å². The first-order valence-electron chi connectivity index (χ1n) is 33.9. The van der Waals surface area contributed by atoms with Gasteiger partial charge < -0.3 is 20.4 Å². The Hall–Kier alpha value is -6.01. The standard InChI is InChI=1S/C81H94O5/c1-52(53(2)56-21-10-6-11-22-56)28-38-66(75(85)86)74-72(83)51-81(62-34-30-59(31-35-62)64(58-23-12-7-13-24-58)39-29-54-18-8-5-9-19-54)71-50-79-43-17-42-77(3)73(84)41-45-80(76(77)79,69(71)40-44-78(74,81)4)70-48-61-25-14-15-27-65(61)67(68(70)49-79)47-55-20-16-26-60(46-55)57-32-36-63(82)37-33-57/h5,7-9,12-20,23-27,32-33,36-37,43,46,48-49,53,56,59,62,64,66,70,72-74,76,82-84H,1,6,10-11,21-22,28-31,34-35,38-42,44-45,47,50-51H2,2-4H3,(H,85,86). The Kier molecular flexibility index (Phi) is 15.1. The van der Waals surface area contributed by atoms with E-state index in [1.165, 1.54) is 76.0 Å². The van der Waals surface area contributed by atoms with Crippen molar-refractivity contribution in [2.24, 2.45) is 74.4 Å². The molecule has 0 radical (unpaired) electrons. The Morgan fingerprint density at radius 1 is 0.733 bits per heavy atom. The van der Waals surface area contributed by atoms with Crippen LogP contribution in [0.1, 0.15) is 165 Å². The smallest absolute Gasteiger partial charge is 0.306 e. The van der Waals surface area contributed by atoms with Gasteiger partial charge in [0.15, 0.2) is 0 Å². The number of allylic oxidation sites excluding steroid dienone is 7. The number of benzene rings is 5. The zero-order chi connectivity index (χ0) is 59.2. The molecule has 448 valence electrons. The maximum Gasteiger partial charge on any atom is 0.306 e. The average Bonchev–Trinajstić information content (AvgIpc) is 0.932. The molecule has 13 unspecified atom stereocenters. The number of rotatable bonds is 16. The van der Waals surface area contributed by atoms with Crippen LogP contribution < -0.4 is 10.4 Å². The summed E-state index contributed by atoms with van der Waals surface area (Å²) in [4.78, 5) is 14.4. The van der Waals surface area contributed by atoms with E-state index in [-0.39, 0.29) is 34.3 Å². The van der Waals surface area contributed by atoms with Crippen LogP contribution in [-0.2, 0) is 17.6 Å². The fourth-order valence-corrected chi connectivity index (χ4v) is 22.2. The van der Waals surface area contributed by atoms with Crippen molar-refractivity contribution in [3.8, 4) is 16.9 Å². The average molecular weight is 1150 g/mol. The van der Waals surface area contributed by atoms with Gasteiger partial charge in [-0.15, -0.1) is 0 Å². The largest absolute Gasteiger partial charge is 0.508 e. The number of aliphatic carboxylic acids is 1. The third-order valence-electron chi connectivity index (χ3n) is 26.0. The predicted octanol–water partition coefficient (Wildman–Crippen LogP) is 16.9. The molecule has 86 heavy (non-hydrogen) atoms. The van der Waals surface area contributed by atoms with Crippen LogP contribution in [0.4, 0.5) is 0 Å². The molecule has 0 heterocycles. The van der Waals surface area contributed by atoms with Crippen LogP contribution in [-0.4, -0.2) is 38.6 Å². The van der Waals surface area contributed by atoms with Crippen LogP contribution in [0.3, 0.4) is 0 Å². The van der Waals surface area contributed by atoms with Gasteiger partial charge in [-0.1, -0.05) is 209 Å². The van der Waals surface area contributed by atoms with Gasteiger partial charge in [0.05, 0.1) is 18.1 Å². The first kappa shape index (κ1) is 57.7. The van der Waals surface area contributed by atoms with Gasteiger partial charge in [0.1, 0.15) is 5.75 Å². The van der Waals surface area contributed by atoms with Crippen LogP contribution in [0.5, 0.6) is 5.75 Å². The highest BCUT2D eigenvalue weighted by molar-refractivity contribution is 5.77. The second kappa shape index (κ2) is 22.5. The molecule has 0 aromatic heterocycles. The van der Waals surface area contributed by atoms with E-state index in [9.17, 15) is 25.2 Å². The lowest BCUT2D eigenvalue weighted by Crippen LogP contribution is -2.68. The molecular weight excluding hydrogens is 1050 g/mol. The number of aliphatic hydroxyl groups is 2. The molecule has 5 nitrogen and oxygen atoms in total. The Morgan fingerprint density at radius 2 is 1.45 bits per heavy atom. The second-order valence-electron chi connectivity index (χ2n) is 29.8. The normalized spacial score (nSPS) is 34.5. The van der Waals surface area contributed by atoms with Gasteiger partial charge in [0.2, 0.25) is 0 Å². The van der Waals surface area contributed by atoms with Gasteiger partial charge >= 0.3 is 5.97 Å². The number of carboxylic acids is 1. The molecule has 0 amide bonds. The zero-order valence-electron chi connectivity index (χ0n) is 51.6. The lowest BCUT2D eigenvalue weighted by atomic mass is 9.30. The van der Waals surface area contributed by atoms with Crippen LogP contribution in [0.15, 0.2) is 181 Å². The fourth-order valence-electron chi connectivity index (χ4n) is 22.2. The van der Waals surface area contributed by atoms with E-state index >= 15 is 0 Å². The van der Waals surface area contributed by atoms with E-state index in [2.05, 4.69) is 154 Å². The Morgan fingerprint density at radius 3 is 2.21 bits per heavy atom. The molecule has 0 spiro atoms. The minimum Gasteiger partial charge on any atom is -0.508 e. The molecule has 0 aliphatic heterocycles. The van der Waals surface area contributed by atoms with Gasteiger partial charge in [-0.2, -0.15) is 0 Å². The van der Waals surface area contributed by atoms with E-state index in [4.69, 9.17) is 6.58 Å². The number of aromatic hydroxyl groups is 1. The fraction of sp³-hybridized carbons (Fsp3) is 0.494. The third kappa shape index (κ3) is 9.30. The number of aryl methyl sites for hydroxylation is 1. The van der Waals surface area contributed by atoms with Crippen molar-refractivity contribution < 1.29 is 25.2 Å². The number of hydrogen-bond donors (Lipinski definition) is 4. The van der Waals surface area contributed by atoms with E-state index < -0.39 is 46.3 Å². The van der Waals surface area contributed by atoms with Gasteiger partial charge in [-0.05, 0) is 218 Å². The highest BCUT2D eigenvalue weighted by Gasteiger charge is 2.76. The highest BCUT2D eigenvalue weighted by atomic mass is 16.4. The molecule has 5 heteroatoms. The Labute approximate surface area is 512 Å². The number of carboxylic acid groups (broad SMARTS) is 1. The van der Waals surface area contributed by atoms with E-state index in [1.807, 2.05) is 12.1 Å². The lowest BCUT2D eigenvalue weighted by molar-refractivity contribution is -0.164. The minimum absolute atomic E-state index is 0.0777. The Balaban J connectivity index is 0.905. The predicted molar refractivity (Wildman–Crippen MR) is 348 cm³/mol. The highest BCUT2D eigenvalue weighted by Crippen LogP contribution is 2.82. The molecule has 5 aromatic carbocycles. The van der Waals surface area contributed by atoms with Crippen LogP contribution in [0.2, 0.25) is 0 Å². The van der Waals surface area contributed by atoms with Crippen molar-refractivity contribution in [2.45, 2.75) is 174 Å². The van der Waals surface area contributed by atoms with Gasteiger partial charge in [-0.3, -0.25) is 4.79 Å². The first-order valence-corrected chi connectivity index (χ1v) is 33.9. The maximum absolute atomic E-state index is 14.4. The molecule has 2 bridgehead atoms. The minimum atomic E-state index is -0.749. The SMILES string of the molecule is C=C(CCC(C(=O)O)C1C(O)CC2(C3CCC(C(CCc4ccccc4)c4ccccc4)CC3)C3=C(CCC12C)C12CCC(O)C4(C)CC=CC(C=C5C(Cc6cccc(-c7ccc(O)cc7)c6)=c6ccccc6=CC51)(C3)C42)C(C)C1CCCCC1. The number of phenols is 1. The number of carbonyl (C=O) groups is 1. The maximum atomic E-state index is 14.4. The molecule has 9 aliphatic rings. The molecule has 5 aromatic rings. The number of hydrogen-bond acceptors (Lipinski definition) is 4. The summed E-state index contributed by atoms with van der Waals surface area (Å²) in [6.45, 7) is 12.0. The quantitative estimate of drug-likeness (QED) is 0.0738. The zero-order valence-corrected chi connectivity index (χ0v) is 51.6. The molecule has 14 rings (SSSR count). The Bertz CT molecular complexity index is 3600. The summed E-state index contributed by atoms with van der Waals surface area (Å²) in [7, 11) is 0. The molecule has 4 saturated carbocycles. The summed E-state index contributed by atoms with van der Waals surface area (Å²) >= 11 is 0. The molecule has 4 N–H and O–H groups in total. The van der Waals surface area contributed by atoms with Crippen molar-refractivity contribution in [1.82, 2.24) is 0 Å². The number of aliphatic hydroxyl groups excluding tert-OH is 2. The van der Waals surface area contributed by atoms with Crippen LogP contribution in [0, 0.1) is 74.4 Å². The molecule has 9 aliphatic carbocycles. The summed E-state index contributed by atoms with van der Waals surface area (Å²) < 4.78 is 0. The van der Waals surface area contributed by atoms with Crippen molar-refractivity contribution in [2.75, 3.05) is 0 Å². The van der Waals surface area contributed by atoms with E-state index in [0.29, 0.717) is 42.9 Å². The summed E-state index contributed by atoms with van der Waals surface area (Å²) in [5, 5.41) is 50.8. The topological polar surface area (TPSA) is 98.0 Å². The van der Waals surface area contributed by atoms with Gasteiger partial charge in [-0.25, -0.2) is 0 Å². The summed E-state index contributed by atoms with van der Waals surface area (Å²) in [5.74, 6) is 0.922. The lowest BCUT2D eigenvalue weighted by Gasteiger charge is -2.73. The summed E-state index contributed by atoms with van der Waals surface area (Å²) in [6.07, 6.45) is 29.9. The van der Waals surface area contributed by atoms with Crippen molar-refractivity contribution in [3.63, 3.8) is 0 Å². The number of fused-ring (bicyclic) bond motifs is 4. The van der Waals surface area contributed by atoms with E-state index in [1.54, 1.807) is 23.3 Å². The third-order valence-corrected chi connectivity index (χ3v) is 26.0. The van der Waals surface area contributed by atoms with Crippen molar-refractivity contribution >= 4 is 17.6 Å². The molecule has 0 saturated heterocycles. The van der Waals surface area contributed by atoms with Crippen molar-refractivity contribution in [3.05, 3.63) is 208 Å². The van der Waals surface area contributed by atoms with Crippen molar-refractivity contribution in [1.29, 1.82) is 0 Å². The van der Waals surface area contributed by atoms with Crippen LogP contribution in [0.25, 0.3) is 22.8 Å². The van der Waals surface area contributed by atoms with Gasteiger partial charge in [0.25, 0.3) is 0 Å². The first-order chi connectivity index (χ1) is 41.7. The number of phenolic OH excluding ortho intramolecular Hbond substituents is 1. The summed E-state index contributed by atoms with van der Waals surface area (Å²) in [6, 6.07) is 48.1. The molecule has 13 atom stereocenters. The monoisotopic (exact) mass is 1150 g/mol. The molecule has 4 fully saturated rings. The second-order valence-corrected chi connectivity index (χ2v) is 29.8. The molecular formula is C81H94O5. The van der Waals surface area contributed by atoms with Crippen LogP contribution >= 0.6 is 0 Å².